The molecule has 0 radical (unpaired) electrons. The molecule has 5 rings (SSSR count). The molecule has 3 aromatic rings. The molecule has 0 spiro atoms. The van der Waals surface area contributed by atoms with Crippen molar-refractivity contribution in [3.8, 4) is 0 Å². The van der Waals surface area contributed by atoms with Crippen LogP contribution in [0.5, 0.6) is 0 Å². The molecule has 3 heterocycles. The number of hydrogen-bond donors (Lipinski definition) is 0. The number of pyridine rings is 1. The van der Waals surface area contributed by atoms with E-state index in [9.17, 15) is 9.59 Å². The van der Waals surface area contributed by atoms with Gasteiger partial charge in [0.25, 0.3) is 5.91 Å². The fourth-order valence-electron chi connectivity index (χ4n) is 3.82. The van der Waals surface area contributed by atoms with Gasteiger partial charge in [0.15, 0.2) is 5.17 Å². The van der Waals surface area contributed by atoms with E-state index in [1.807, 2.05) is 65.6 Å². The molecule has 0 atom stereocenters. The first-order valence-corrected chi connectivity index (χ1v) is 11.3. The summed E-state index contributed by atoms with van der Waals surface area (Å²) in [6.07, 6.45) is 5.95. The van der Waals surface area contributed by atoms with Gasteiger partial charge in [-0.05, 0) is 47.9 Å². The summed E-state index contributed by atoms with van der Waals surface area (Å²) in [6, 6.07) is 21.0. The van der Waals surface area contributed by atoms with Crippen molar-refractivity contribution >= 4 is 46.2 Å². The molecule has 158 valence electrons. The summed E-state index contributed by atoms with van der Waals surface area (Å²) < 4.78 is 0. The van der Waals surface area contributed by atoms with E-state index in [4.69, 9.17) is 0 Å². The highest BCUT2D eigenvalue weighted by Crippen LogP contribution is 2.31. The number of rotatable bonds is 4. The Kier molecular flexibility index (Phi) is 5.56. The van der Waals surface area contributed by atoms with Crippen molar-refractivity contribution < 1.29 is 9.59 Å². The Bertz CT molecular complexity index is 1220. The Morgan fingerprint density at radius 2 is 1.84 bits per heavy atom. The maximum atomic E-state index is 13.2. The van der Waals surface area contributed by atoms with Crippen LogP contribution in [0.2, 0.25) is 0 Å². The number of anilines is 2. The SMILES string of the molecule is O=C(CSC1=N/C(=C/c2cccnc2)C(=O)N1c1ccccc1)N1CCc2ccccc21. The van der Waals surface area contributed by atoms with Gasteiger partial charge in [-0.1, -0.05) is 54.2 Å². The second-order valence-corrected chi connectivity index (χ2v) is 8.34. The average molecular weight is 441 g/mol. The molecule has 6 nitrogen and oxygen atoms in total. The van der Waals surface area contributed by atoms with Crippen LogP contribution in [0.25, 0.3) is 6.08 Å². The van der Waals surface area contributed by atoms with Crippen molar-refractivity contribution in [2.24, 2.45) is 4.99 Å². The van der Waals surface area contributed by atoms with Crippen LogP contribution < -0.4 is 9.80 Å². The number of para-hydroxylation sites is 2. The maximum Gasteiger partial charge on any atom is 0.283 e. The van der Waals surface area contributed by atoms with Gasteiger partial charge in [-0.3, -0.25) is 19.5 Å². The Labute approximate surface area is 190 Å². The Morgan fingerprint density at radius 3 is 2.66 bits per heavy atom. The van der Waals surface area contributed by atoms with Crippen LogP contribution in [0, 0.1) is 0 Å². The molecule has 2 aromatic carbocycles. The number of amides is 2. The van der Waals surface area contributed by atoms with Gasteiger partial charge < -0.3 is 4.90 Å². The minimum absolute atomic E-state index is 0.00722. The number of carbonyl (C=O) groups is 2. The number of benzene rings is 2. The summed E-state index contributed by atoms with van der Waals surface area (Å²) in [7, 11) is 0. The molecule has 7 heteroatoms. The fourth-order valence-corrected chi connectivity index (χ4v) is 4.71. The molecule has 0 bridgehead atoms. The molecular weight excluding hydrogens is 420 g/mol. The smallest absolute Gasteiger partial charge is 0.283 e. The van der Waals surface area contributed by atoms with Crippen LogP contribution in [0.3, 0.4) is 0 Å². The number of thioether (sulfide) groups is 1. The summed E-state index contributed by atoms with van der Waals surface area (Å²) in [5, 5.41) is 0.497. The summed E-state index contributed by atoms with van der Waals surface area (Å²) >= 11 is 1.28. The van der Waals surface area contributed by atoms with Gasteiger partial charge in [-0.15, -0.1) is 0 Å². The van der Waals surface area contributed by atoms with Gasteiger partial charge in [0, 0.05) is 24.6 Å². The molecule has 2 aliphatic heterocycles. The molecule has 32 heavy (non-hydrogen) atoms. The molecule has 0 saturated carbocycles. The van der Waals surface area contributed by atoms with Gasteiger partial charge in [-0.25, -0.2) is 4.99 Å². The Balaban J connectivity index is 1.39. The first-order valence-electron chi connectivity index (χ1n) is 10.3. The minimum Gasteiger partial charge on any atom is -0.311 e. The minimum atomic E-state index is -0.221. The van der Waals surface area contributed by atoms with Crippen molar-refractivity contribution in [3.05, 3.63) is 95.9 Å². The Morgan fingerprint density at radius 1 is 1.03 bits per heavy atom. The zero-order valence-electron chi connectivity index (χ0n) is 17.2. The van der Waals surface area contributed by atoms with Gasteiger partial charge in [0.2, 0.25) is 5.91 Å². The molecule has 0 fully saturated rings. The highest BCUT2D eigenvalue weighted by molar-refractivity contribution is 8.14. The fraction of sp³-hybridized carbons (Fsp3) is 0.120. The van der Waals surface area contributed by atoms with Crippen molar-refractivity contribution in [1.82, 2.24) is 4.98 Å². The van der Waals surface area contributed by atoms with Gasteiger partial charge in [-0.2, -0.15) is 0 Å². The van der Waals surface area contributed by atoms with E-state index in [1.165, 1.54) is 17.3 Å². The monoisotopic (exact) mass is 440 g/mol. The predicted molar refractivity (Wildman–Crippen MR) is 129 cm³/mol. The Hall–Kier alpha value is -3.71. The van der Waals surface area contributed by atoms with Crippen LogP contribution in [-0.2, 0) is 16.0 Å². The van der Waals surface area contributed by atoms with Crippen LogP contribution in [0.1, 0.15) is 11.1 Å². The maximum absolute atomic E-state index is 13.2. The molecule has 0 saturated heterocycles. The van der Waals surface area contributed by atoms with E-state index in [0.29, 0.717) is 17.4 Å². The topological polar surface area (TPSA) is 65.9 Å². The second-order valence-electron chi connectivity index (χ2n) is 7.40. The molecule has 0 aliphatic carbocycles. The molecule has 1 aromatic heterocycles. The largest absolute Gasteiger partial charge is 0.311 e. The number of aromatic nitrogens is 1. The van der Waals surface area contributed by atoms with Gasteiger partial charge in [0.1, 0.15) is 5.70 Å². The van der Waals surface area contributed by atoms with E-state index in [2.05, 4.69) is 16.0 Å². The van der Waals surface area contributed by atoms with Crippen LogP contribution >= 0.6 is 11.8 Å². The first kappa shape index (κ1) is 20.2. The quantitative estimate of drug-likeness (QED) is 0.572. The lowest BCUT2D eigenvalue weighted by molar-refractivity contribution is -0.116. The van der Waals surface area contributed by atoms with Crippen LogP contribution in [0.15, 0.2) is 89.8 Å². The predicted octanol–water partition coefficient (Wildman–Crippen LogP) is 4.15. The lowest BCUT2D eigenvalue weighted by Crippen LogP contribution is -2.34. The van der Waals surface area contributed by atoms with Crippen LogP contribution in [-0.4, -0.2) is 34.3 Å². The zero-order chi connectivity index (χ0) is 21.9. The zero-order valence-corrected chi connectivity index (χ0v) is 18.0. The molecule has 0 unspecified atom stereocenters. The third-order valence-electron chi connectivity index (χ3n) is 5.34. The summed E-state index contributed by atoms with van der Waals surface area (Å²) in [5.41, 5.74) is 4.00. The molecule has 2 amide bonds. The van der Waals surface area contributed by atoms with E-state index in [-0.39, 0.29) is 17.6 Å². The molecular formula is C25H20N4O2S. The molecule has 2 aliphatic rings. The number of carbonyl (C=O) groups excluding carboxylic acids is 2. The van der Waals surface area contributed by atoms with E-state index in [0.717, 1.165) is 23.4 Å². The van der Waals surface area contributed by atoms with Crippen molar-refractivity contribution in [2.45, 2.75) is 6.42 Å². The third-order valence-corrected chi connectivity index (χ3v) is 6.27. The standard InChI is InChI=1S/C25H20N4O2S/c30-23(28-14-12-19-8-4-5-11-22(19)28)17-32-25-27-21(15-18-7-6-13-26-16-18)24(31)29(25)20-9-2-1-3-10-20/h1-11,13,15-16H,12,14,17H2/b21-15+. The highest BCUT2D eigenvalue weighted by atomic mass is 32.2. The molecule has 0 N–H and O–H groups in total. The highest BCUT2D eigenvalue weighted by Gasteiger charge is 2.33. The lowest BCUT2D eigenvalue weighted by Gasteiger charge is -2.20. The average Bonchev–Trinajstić information content (AvgIpc) is 3.40. The van der Waals surface area contributed by atoms with Crippen molar-refractivity contribution in [1.29, 1.82) is 0 Å². The number of nitrogens with zero attached hydrogens (tertiary/aromatic N) is 4. The first-order chi connectivity index (χ1) is 15.7. The number of fused-ring (bicyclic) bond motifs is 1. The normalized spacial score (nSPS) is 16.4. The van der Waals surface area contributed by atoms with Crippen LogP contribution in [0.4, 0.5) is 11.4 Å². The summed E-state index contributed by atoms with van der Waals surface area (Å²) in [5.74, 6) is -0.0152. The number of amidine groups is 1. The van der Waals surface area contributed by atoms with E-state index in [1.54, 1.807) is 23.4 Å². The second kappa shape index (κ2) is 8.80. The third kappa shape index (κ3) is 3.94. The number of aliphatic imine (C=N–C) groups is 1. The lowest BCUT2D eigenvalue weighted by atomic mass is 10.2. The summed E-state index contributed by atoms with van der Waals surface area (Å²) in [6.45, 7) is 0.679. The number of hydrogen-bond acceptors (Lipinski definition) is 5. The van der Waals surface area contributed by atoms with E-state index >= 15 is 0 Å². The summed E-state index contributed by atoms with van der Waals surface area (Å²) in [4.78, 5) is 38.3. The van der Waals surface area contributed by atoms with E-state index < -0.39 is 0 Å². The van der Waals surface area contributed by atoms with Gasteiger partial charge >= 0.3 is 0 Å². The van der Waals surface area contributed by atoms with Gasteiger partial charge in [0.05, 0.1) is 11.4 Å². The van der Waals surface area contributed by atoms with Crippen molar-refractivity contribution in [3.63, 3.8) is 0 Å². The van der Waals surface area contributed by atoms with Crippen molar-refractivity contribution in [2.75, 3.05) is 22.1 Å².